The summed E-state index contributed by atoms with van der Waals surface area (Å²) < 4.78 is 20.1. The highest BCUT2D eigenvalue weighted by Crippen LogP contribution is 2.18. The maximum atomic E-state index is 12.9. The number of halogens is 1. The monoisotopic (exact) mass is 250 g/mol. The van der Waals surface area contributed by atoms with Crippen molar-refractivity contribution in [2.24, 2.45) is 5.73 Å². The number of hydrogen-bond acceptors (Lipinski definition) is 4. The summed E-state index contributed by atoms with van der Waals surface area (Å²) in [4.78, 5) is 0. The summed E-state index contributed by atoms with van der Waals surface area (Å²) in [5.41, 5.74) is 6.95. The molecule has 0 saturated carbocycles. The van der Waals surface area contributed by atoms with Crippen molar-refractivity contribution in [2.75, 3.05) is 6.61 Å². The average molecular weight is 250 g/mol. The SMILES string of the molecule is Cc1cc(F)ccc1OCCn1cc(CN)nn1. The molecule has 0 spiro atoms. The molecule has 0 amide bonds. The van der Waals surface area contributed by atoms with Crippen molar-refractivity contribution in [1.29, 1.82) is 0 Å². The summed E-state index contributed by atoms with van der Waals surface area (Å²) in [5, 5.41) is 7.77. The number of aryl methyl sites for hydroxylation is 1. The summed E-state index contributed by atoms with van der Waals surface area (Å²) in [7, 11) is 0. The van der Waals surface area contributed by atoms with Crippen molar-refractivity contribution in [3.05, 3.63) is 41.5 Å². The third-order valence-electron chi connectivity index (χ3n) is 2.51. The van der Waals surface area contributed by atoms with E-state index in [0.717, 1.165) is 11.3 Å². The predicted octanol–water partition coefficient (Wildman–Crippen LogP) is 1.26. The molecule has 96 valence electrons. The van der Waals surface area contributed by atoms with Gasteiger partial charge in [0, 0.05) is 12.7 Å². The summed E-state index contributed by atoms with van der Waals surface area (Å²) in [5.74, 6) is 0.416. The van der Waals surface area contributed by atoms with Crippen molar-refractivity contribution in [1.82, 2.24) is 15.0 Å². The Kier molecular flexibility index (Phi) is 3.88. The van der Waals surface area contributed by atoms with Crippen molar-refractivity contribution in [3.8, 4) is 5.75 Å². The van der Waals surface area contributed by atoms with E-state index in [2.05, 4.69) is 10.3 Å². The van der Waals surface area contributed by atoms with Gasteiger partial charge < -0.3 is 10.5 Å². The van der Waals surface area contributed by atoms with Crippen LogP contribution in [0.2, 0.25) is 0 Å². The molecule has 6 heteroatoms. The Bertz CT molecular complexity index is 527. The van der Waals surface area contributed by atoms with E-state index in [1.54, 1.807) is 23.9 Å². The minimum atomic E-state index is -0.260. The van der Waals surface area contributed by atoms with Gasteiger partial charge >= 0.3 is 0 Å². The second-order valence-corrected chi connectivity index (χ2v) is 3.94. The van der Waals surface area contributed by atoms with Crippen LogP contribution in [0.1, 0.15) is 11.3 Å². The molecule has 0 bridgehead atoms. The number of hydrogen-bond donors (Lipinski definition) is 1. The van der Waals surface area contributed by atoms with Gasteiger partial charge in [-0.05, 0) is 30.7 Å². The Hall–Kier alpha value is -1.95. The highest BCUT2D eigenvalue weighted by atomic mass is 19.1. The highest BCUT2D eigenvalue weighted by Gasteiger charge is 2.02. The van der Waals surface area contributed by atoms with Crippen LogP contribution in [0.15, 0.2) is 24.4 Å². The van der Waals surface area contributed by atoms with Gasteiger partial charge in [-0.1, -0.05) is 5.21 Å². The Balaban J connectivity index is 1.88. The number of aromatic nitrogens is 3. The van der Waals surface area contributed by atoms with Crippen molar-refractivity contribution < 1.29 is 9.13 Å². The summed E-state index contributed by atoms with van der Waals surface area (Å²) in [6.07, 6.45) is 1.78. The molecule has 1 aromatic heterocycles. The standard InChI is InChI=1S/C12H15FN4O/c1-9-6-10(13)2-3-12(9)18-5-4-17-8-11(7-14)15-16-17/h2-3,6,8H,4-5,7,14H2,1H3. The first-order valence-corrected chi connectivity index (χ1v) is 5.67. The van der Waals surface area contributed by atoms with Crippen LogP contribution >= 0.6 is 0 Å². The van der Waals surface area contributed by atoms with Gasteiger partial charge in [0.05, 0.1) is 12.2 Å². The molecule has 2 rings (SSSR count). The predicted molar refractivity (Wildman–Crippen MR) is 64.5 cm³/mol. The van der Waals surface area contributed by atoms with Crippen LogP contribution in [-0.2, 0) is 13.1 Å². The van der Waals surface area contributed by atoms with E-state index in [4.69, 9.17) is 10.5 Å². The van der Waals surface area contributed by atoms with Gasteiger partial charge in [-0.3, -0.25) is 0 Å². The lowest BCUT2D eigenvalue weighted by Crippen LogP contribution is -2.09. The number of benzene rings is 1. The van der Waals surface area contributed by atoms with E-state index in [0.29, 0.717) is 25.4 Å². The third kappa shape index (κ3) is 3.04. The molecule has 0 radical (unpaired) electrons. The van der Waals surface area contributed by atoms with Crippen LogP contribution in [0, 0.1) is 12.7 Å². The smallest absolute Gasteiger partial charge is 0.123 e. The number of nitrogens with two attached hydrogens (primary N) is 1. The second-order valence-electron chi connectivity index (χ2n) is 3.94. The molecule has 0 unspecified atom stereocenters. The van der Waals surface area contributed by atoms with Crippen LogP contribution in [0.4, 0.5) is 4.39 Å². The van der Waals surface area contributed by atoms with Crippen molar-refractivity contribution in [2.45, 2.75) is 20.0 Å². The van der Waals surface area contributed by atoms with Gasteiger partial charge in [0.1, 0.15) is 18.2 Å². The molecule has 18 heavy (non-hydrogen) atoms. The Labute approximate surface area is 104 Å². The molecule has 1 heterocycles. The van der Waals surface area contributed by atoms with Crippen molar-refractivity contribution in [3.63, 3.8) is 0 Å². The molecule has 0 aliphatic heterocycles. The number of rotatable bonds is 5. The molecular formula is C12H15FN4O. The van der Waals surface area contributed by atoms with Crippen LogP contribution < -0.4 is 10.5 Å². The zero-order valence-electron chi connectivity index (χ0n) is 10.1. The lowest BCUT2D eigenvalue weighted by Gasteiger charge is -2.08. The molecule has 0 aliphatic carbocycles. The molecule has 0 atom stereocenters. The van der Waals surface area contributed by atoms with Crippen LogP contribution in [0.25, 0.3) is 0 Å². The third-order valence-corrected chi connectivity index (χ3v) is 2.51. The van der Waals surface area contributed by atoms with E-state index < -0.39 is 0 Å². The molecule has 0 saturated heterocycles. The van der Waals surface area contributed by atoms with Gasteiger partial charge in [-0.25, -0.2) is 9.07 Å². The van der Waals surface area contributed by atoms with E-state index in [9.17, 15) is 4.39 Å². The van der Waals surface area contributed by atoms with Gasteiger partial charge in [0.2, 0.25) is 0 Å². The molecule has 0 fully saturated rings. The molecule has 2 N–H and O–H groups in total. The summed E-state index contributed by atoms with van der Waals surface area (Å²) in [6, 6.07) is 4.44. The fourth-order valence-corrected chi connectivity index (χ4v) is 1.57. The molecule has 5 nitrogen and oxygen atoms in total. The first-order chi connectivity index (χ1) is 8.69. The van der Waals surface area contributed by atoms with Gasteiger partial charge in [-0.2, -0.15) is 0 Å². The molecular weight excluding hydrogens is 235 g/mol. The van der Waals surface area contributed by atoms with Crippen molar-refractivity contribution >= 4 is 0 Å². The van der Waals surface area contributed by atoms with E-state index in [1.165, 1.54) is 12.1 Å². The normalized spacial score (nSPS) is 10.6. The maximum Gasteiger partial charge on any atom is 0.123 e. The van der Waals surface area contributed by atoms with Gasteiger partial charge in [0.25, 0.3) is 0 Å². The minimum absolute atomic E-state index is 0.260. The Morgan fingerprint density at radius 2 is 2.28 bits per heavy atom. The Morgan fingerprint density at radius 3 is 2.94 bits per heavy atom. The maximum absolute atomic E-state index is 12.9. The quantitative estimate of drug-likeness (QED) is 0.867. The highest BCUT2D eigenvalue weighted by molar-refractivity contribution is 5.32. The summed E-state index contributed by atoms with van der Waals surface area (Å²) in [6.45, 7) is 3.20. The van der Waals surface area contributed by atoms with E-state index >= 15 is 0 Å². The van der Waals surface area contributed by atoms with E-state index in [1.807, 2.05) is 0 Å². The fraction of sp³-hybridized carbons (Fsp3) is 0.333. The fourth-order valence-electron chi connectivity index (χ4n) is 1.57. The lowest BCUT2D eigenvalue weighted by molar-refractivity contribution is 0.287. The largest absolute Gasteiger partial charge is 0.491 e. The molecule has 0 aliphatic rings. The zero-order chi connectivity index (χ0) is 13.0. The summed E-state index contributed by atoms with van der Waals surface area (Å²) >= 11 is 0. The topological polar surface area (TPSA) is 66.0 Å². The van der Waals surface area contributed by atoms with Crippen LogP contribution in [-0.4, -0.2) is 21.6 Å². The minimum Gasteiger partial charge on any atom is -0.491 e. The van der Waals surface area contributed by atoms with Crippen LogP contribution in [0.3, 0.4) is 0 Å². The first kappa shape index (κ1) is 12.5. The zero-order valence-corrected chi connectivity index (χ0v) is 10.1. The number of ether oxygens (including phenoxy) is 1. The molecule has 2 aromatic rings. The van der Waals surface area contributed by atoms with Crippen LogP contribution in [0.5, 0.6) is 5.75 Å². The number of nitrogens with zero attached hydrogens (tertiary/aromatic N) is 3. The molecule has 1 aromatic carbocycles. The van der Waals surface area contributed by atoms with Gasteiger partial charge in [0.15, 0.2) is 0 Å². The van der Waals surface area contributed by atoms with E-state index in [-0.39, 0.29) is 5.82 Å². The van der Waals surface area contributed by atoms with Gasteiger partial charge in [-0.15, -0.1) is 5.10 Å². The Morgan fingerprint density at radius 1 is 1.44 bits per heavy atom. The first-order valence-electron chi connectivity index (χ1n) is 5.67. The second kappa shape index (κ2) is 5.59. The lowest BCUT2D eigenvalue weighted by atomic mass is 10.2. The average Bonchev–Trinajstić information content (AvgIpc) is 2.80.